The minimum atomic E-state index is -0.455. The van der Waals surface area contributed by atoms with Gasteiger partial charge in [0.25, 0.3) is 0 Å². The summed E-state index contributed by atoms with van der Waals surface area (Å²) >= 11 is 0. The Balaban J connectivity index is 2.81. The average molecular weight is 116 g/mol. The molecule has 1 aliphatic heterocycles. The molecule has 1 heterocycles. The third kappa shape index (κ3) is 0.641. The van der Waals surface area contributed by atoms with Crippen LogP contribution in [0.5, 0.6) is 0 Å². The molecule has 0 spiro atoms. The fourth-order valence-corrected chi connectivity index (χ4v) is 0.452. The van der Waals surface area contributed by atoms with Crippen molar-refractivity contribution in [3.8, 4) is 0 Å². The molecule has 0 saturated carbocycles. The minimum absolute atomic E-state index is 0.0231. The third-order valence-electron chi connectivity index (χ3n) is 0.834. The van der Waals surface area contributed by atoms with Crippen LogP contribution >= 0.6 is 0 Å². The van der Waals surface area contributed by atoms with E-state index in [1.807, 2.05) is 0 Å². The number of nitrogens with one attached hydrogen (secondary N) is 2. The summed E-state index contributed by atoms with van der Waals surface area (Å²) in [4.78, 5) is 12.0. The molecule has 44 valence electrons. The van der Waals surface area contributed by atoms with Crippen LogP contribution in [0.2, 0.25) is 2.82 Å². The van der Waals surface area contributed by atoms with E-state index in [0.29, 0.717) is 5.31 Å². The predicted molar refractivity (Wildman–Crippen MR) is 28.5 cm³/mol. The Kier molecular flexibility index (Phi) is 0.455. The van der Waals surface area contributed by atoms with E-state index in [9.17, 15) is 4.79 Å². The van der Waals surface area contributed by atoms with Crippen LogP contribution in [0, 0.1) is 5.40 Å². The van der Waals surface area contributed by atoms with E-state index in [2.05, 4.69) is 5.40 Å². The second-order valence-corrected chi connectivity index (χ2v) is 1.50. The van der Waals surface area contributed by atoms with Crippen LogP contribution in [-0.2, 0) is 4.79 Å². The molecule has 0 aliphatic carbocycles. The van der Waals surface area contributed by atoms with Gasteiger partial charge in [0, 0.05) is 8.39 Å². The number of hydrogen-bond donors (Lipinski definition) is 2. The highest BCUT2D eigenvalue weighted by Crippen LogP contribution is 1.89. The van der Waals surface area contributed by atoms with E-state index in [0.717, 1.165) is 0 Å². The van der Waals surface area contributed by atoms with Gasteiger partial charge in [0.2, 0.25) is 5.91 Å². The van der Waals surface area contributed by atoms with Gasteiger partial charge in [0.05, 0.1) is 6.54 Å². The van der Waals surface area contributed by atoms with Crippen LogP contribution in [0.4, 0.5) is 0 Å². The zero-order valence-electron chi connectivity index (χ0n) is 7.16. The summed E-state index contributed by atoms with van der Waals surface area (Å²) in [6.45, 7) is -0.0231. The predicted octanol–water partition coefficient (Wildman–Crippen LogP) is -1.02. The molecule has 1 aliphatic rings. The second kappa shape index (κ2) is 1.47. The fourth-order valence-electron chi connectivity index (χ4n) is 0.452. The van der Waals surface area contributed by atoms with Gasteiger partial charge in [-0.1, -0.05) is 0 Å². The summed E-state index contributed by atoms with van der Waals surface area (Å²) in [5.74, 6) is -0.534. The normalized spacial score (nSPS) is 30.8. The van der Waals surface area contributed by atoms with Gasteiger partial charge in [0.1, 0.15) is 0 Å². The summed E-state index contributed by atoms with van der Waals surface area (Å²) < 4.78 is 20.6. The number of carbonyl (C=O) groups is 1. The maximum Gasteiger partial charge on any atom is 0.246 e. The first-order valence-corrected chi connectivity index (χ1v) is 2.08. The summed E-state index contributed by atoms with van der Waals surface area (Å²) in [5, 5.41) is 3.49. The molecule has 4 nitrogen and oxygen atoms in total. The summed E-state index contributed by atoms with van der Waals surface area (Å²) in [6.07, 6.45) is 0. The molecule has 1 saturated heterocycles. The van der Waals surface area contributed by atoms with Gasteiger partial charge in [-0.25, -0.2) is 0 Å². The number of hydrogen-bond acceptors (Lipinski definition) is 2. The second-order valence-electron chi connectivity index (χ2n) is 1.50. The van der Waals surface area contributed by atoms with Crippen molar-refractivity contribution in [3.63, 3.8) is 0 Å². The van der Waals surface area contributed by atoms with E-state index >= 15 is 0 Å². The zero-order valence-corrected chi connectivity index (χ0v) is 4.16. The molecule has 2 N–H and O–H groups in total. The molecule has 0 atom stereocenters. The zero-order chi connectivity index (χ0) is 8.43. The third-order valence-corrected chi connectivity index (χ3v) is 0.834. The van der Waals surface area contributed by atoms with E-state index in [1.54, 1.807) is 0 Å². The van der Waals surface area contributed by atoms with Gasteiger partial charge >= 0.3 is 0 Å². The Morgan fingerprint density at radius 3 is 3.75 bits per heavy atom. The van der Waals surface area contributed by atoms with Crippen LogP contribution in [0.15, 0.2) is 0 Å². The van der Waals surface area contributed by atoms with Crippen molar-refractivity contribution in [2.75, 3.05) is 13.6 Å². The van der Waals surface area contributed by atoms with Crippen molar-refractivity contribution in [1.29, 1.82) is 5.40 Å². The minimum Gasteiger partial charge on any atom is -0.337 e. The summed E-state index contributed by atoms with van der Waals surface area (Å²) in [6, 6.07) is 0. The Bertz CT molecular complexity index is 207. The lowest BCUT2D eigenvalue weighted by molar-refractivity contribution is -0.118. The van der Waals surface area contributed by atoms with Crippen molar-refractivity contribution < 1.29 is 8.99 Å². The van der Waals surface area contributed by atoms with Crippen molar-refractivity contribution in [3.05, 3.63) is 0 Å². The first-order chi connectivity index (χ1) is 5.20. The molecule has 0 radical (unpaired) electrons. The molecule has 0 aromatic carbocycles. The molecule has 4 heteroatoms. The maximum absolute atomic E-state index is 10.8. The van der Waals surface area contributed by atoms with Gasteiger partial charge in [-0.2, -0.15) is 0 Å². The quantitative estimate of drug-likeness (QED) is 0.425. The monoisotopic (exact) mass is 116 g/mol. The largest absolute Gasteiger partial charge is 0.337 e. The molecule has 0 bridgehead atoms. The van der Waals surface area contributed by atoms with Gasteiger partial charge < -0.3 is 4.90 Å². The lowest BCUT2D eigenvalue weighted by atomic mass is 10.6. The smallest absolute Gasteiger partial charge is 0.246 e. The van der Waals surface area contributed by atoms with Crippen molar-refractivity contribution in [1.82, 2.24) is 10.2 Å². The van der Waals surface area contributed by atoms with E-state index in [1.165, 1.54) is 4.90 Å². The Morgan fingerprint density at radius 1 is 2.38 bits per heavy atom. The highest BCUT2D eigenvalue weighted by Gasteiger charge is 2.18. The highest BCUT2D eigenvalue weighted by atomic mass is 16.2. The van der Waals surface area contributed by atoms with Crippen molar-refractivity contribution in [2.45, 2.75) is 0 Å². The average Bonchev–Trinajstić information content (AvgIpc) is 2.28. The van der Waals surface area contributed by atoms with Crippen molar-refractivity contribution >= 4 is 11.9 Å². The topological polar surface area (TPSA) is 56.2 Å². The number of rotatable bonds is 0. The van der Waals surface area contributed by atoms with Gasteiger partial charge in [-0.05, 0) is 0 Å². The van der Waals surface area contributed by atoms with E-state index < -0.39 is 5.91 Å². The maximum atomic E-state index is 10.8. The van der Waals surface area contributed by atoms with Gasteiger partial charge in [-0.15, -0.1) is 0 Å². The van der Waals surface area contributed by atoms with Crippen LogP contribution < -0.4 is 5.31 Å². The molecular weight excluding hydrogens is 106 g/mol. The number of likely N-dealkylation sites (N-methyl/N-ethyl adjacent to an activating group) is 1. The number of carbonyl (C=O) groups excluding carboxylic acids is 1. The van der Waals surface area contributed by atoms with Crippen LogP contribution in [-0.4, -0.2) is 30.3 Å². The Morgan fingerprint density at radius 2 is 3.25 bits per heavy atom. The van der Waals surface area contributed by atoms with Crippen LogP contribution in [0.3, 0.4) is 0 Å². The molecule has 1 amide bonds. The fraction of sp³-hybridized carbons (Fsp3) is 0.500. The lowest BCUT2D eigenvalue weighted by Gasteiger charge is -2.03. The first-order valence-electron chi connectivity index (χ1n) is 3.69. The summed E-state index contributed by atoms with van der Waals surface area (Å²) in [7, 11) is -0.154. The van der Waals surface area contributed by atoms with E-state index in [4.69, 9.17) is 4.19 Å². The number of guanidine groups is 1. The van der Waals surface area contributed by atoms with Crippen LogP contribution in [0.25, 0.3) is 0 Å². The molecule has 1 fully saturated rings. The molecule has 0 unspecified atom stereocenters. The number of nitrogens with zero attached hydrogens (tertiary/aromatic N) is 1. The standard InChI is InChI=1S/C4H7N3O/c1-7-2-3(8)6-4(7)5/h2H2,1H3,(H2,5,6,8)/i1D/hD2. The Hall–Kier alpha value is -1.06. The first kappa shape index (κ1) is 2.48. The molecule has 0 aromatic heterocycles. The summed E-state index contributed by atoms with van der Waals surface area (Å²) in [5.41, 5.74) is 0. The lowest BCUT2D eigenvalue weighted by Crippen LogP contribution is -2.25. The van der Waals surface area contributed by atoms with Crippen LogP contribution in [0.1, 0.15) is 1.37 Å². The molecule has 8 heavy (non-hydrogen) atoms. The Labute approximate surface area is 51.3 Å². The van der Waals surface area contributed by atoms with Crippen molar-refractivity contribution in [2.24, 2.45) is 0 Å². The van der Waals surface area contributed by atoms with E-state index in [-0.39, 0.29) is 19.5 Å². The molecule has 1 rings (SSSR count). The van der Waals surface area contributed by atoms with Gasteiger partial charge in [0.15, 0.2) is 8.78 Å². The molecule has 0 aromatic rings. The molecular formula is C4H7N3O. The highest BCUT2D eigenvalue weighted by molar-refractivity contribution is 6.02. The SMILES string of the molecule is [2H]CN1CC(=O)N([2H])C1=N[2H]. The number of amides is 1. The van der Waals surface area contributed by atoms with Gasteiger partial charge in [-0.3, -0.25) is 15.5 Å².